The first kappa shape index (κ1) is 12.7. The summed E-state index contributed by atoms with van der Waals surface area (Å²) in [6.07, 6.45) is 0.968. The standard InChI is InChI=1S/C7H8ClN3O4S2/c8-17(13,14)7-11-10-6(16-7)9-5(12)4-2-1-3-15-4/h4H,1-3H2,(H,9,10,12). The molecule has 1 aliphatic heterocycles. The molecule has 1 aromatic rings. The van der Waals surface area contributed by atoms with Crippen LogP contribution < -0.4 is 5.32 Å². The highest BCUT2D eigenvalue weighted by molar-refractivity contribution is 8.15. The maximum Gasteiger partial charge on any atom is 0.290 e. The molecule has 2 heterocycles. The van der Waals surface area contributed by atoms with E-state index in [1.165, 1.54) is 0 Å². The lowest BCUT2D eigenvalue weighted by Gasteiger charge is -2.06. The largest absolute Gasteiger partial charge is 0.368 e. The topological polar surface area (TPSA) is 98.3 Å². The lowest BCUT2D eigenvalue weighted by atomic mass is 10.2. The predicted molar refractivity (Wildman–Crippen MR) is 60.6 cm³/mol. The Balaban J connectivity index is 2.04. The van der Waals surface area contributed by atoms with Crippen molar-refractivity contribution in [3.8, 4) is 0 Å². The van der Waals surface area contributed by atoms with Crippen LogP contribution in [0.4, 0.5) is 5.13 Å². The van der Waals surface area contributed by atoms with Crippen molar-refractivity contribution in [2.75, 3.05) is 11.9 Å². The van der Waals surface area contributed by atoms with Crippen molar-refractivity contribution in [1.29, 1.82) is 0 Å². The number of aromatic nitrogens is 2. The summed E-state index contributed by atoms with van der Waals surface area (Å²) in [4.78, 5) is 11.6. The summed E-state index contributed by atoms with van der Waals surface area (Å²) in [5.74, 6) is -0.350. The minimum absolute atomic E-state index is 0.0877. The van der Waals surface area contributed by atoms with Crippen LogP contribution >= 0.6 is 22.0 Å². The molecule has 0 aromatic carbocycles. The van der Waals surface area contributed by atoms with Gasteiger partial charge in [-0.15, -0.1) is 10.2 Å². The fourth-order valence-corrected chi connectivity index (χ4v) is 2.96. The van der Waals surface area contributed by atoms with E-state index in [0.717, 1.165) is 6.42 Å². The van der Waals surface area contributed by atoms with Crippen LogP contribution in [0.3, 0.4) is 0 Å². The first-order valence-electron chi connectivity index (χ1n) is 4.67. The molecular formula is C7H8ClN3O4S2. The summed E-state index contributed by atoms with van der Waals surface area (Å²) in [7, 11) is 1.18. The van der Waals surface area contributed by atoms with Gasteiger partial charge in [-0.25, -0.2) is 8.42 Å². The Kier molecular flexibility index (Phi) is 3.61. The van der Waals surface area contributed by atoms with Gasteiger partial charge >= 0.3 is 0 Å². The average molecular weight is 298 g/mol. The highest BCUT2D eigenvalue weighted by Crippen LogP contribution is 2.23. The Morgan fingerprint density at radius 3 is 2.82 bits per heavy atom. The number of amides is 1. The van der Waals surface area contributed by atoms with E-state index in [9.17, 15) is 13.2 Å². The molecule has 2 rings (SSSR count). The Morgan fingerprint density at radius 2 is 2.29 bits per heavy atom. The lowest BCUT2D eigenvalue weighted by molar-refractivity contribution is -0.124. The fourth-order valence-electron chi connectivity index (χ4n) is 1.33. The molecule has 94 valence electrons. The summed E-state index contributed by atoms with van der Waals surface area (Å²) in [5.41, 5.74) is 0. The van der Waals surface area contributed by atoms with E-state index in [-0.39, 0.29) is 15.4 Å². The molecule has 0 aliphatic carbocycles. The fraction of sp³-hybridized carbons (Fsp3) is 0.571. The van der Waals surface area contributed by atoms with E-state index < -0.39 is 15.2 Å². The van der Waals surface area contributed by atoms with Gasteiger partial charge in [0.25, 0.3) is 15.0 Å². The number of halogens is 1. The van der Waals surface area contributed by atoms with Crippen molar-refractivity contribution in [2.45, 2.75) is 23.3 Å². The number of carbonyl (C=O) groups excluding carboxylic acids is 1. The maximum atomic E-state index is 11.6. The van der Waals surface area contributed by atoms with Crippen molar-refractivity contribution in [3.63, 3.8) is 0 Å². The molecule has 0 radical (unpaired) electrons. The van der Waals surface area contributed by atoms with Gasteiger partial charge in [0, 0.05) is 17.3 Å². The van der Waals surface area contributed by atoms with E-state index in [1.807, 2.05) is 0 Å². The van der Waals surface area contributed by atoms with Crippen molar-refractivity contribution in [2.24, 2.45) is 0 Å². The normalized spacial score (nSPS) is 20.4. The molecule has 0 saturated carbocycles. The van der Waals surface area contributed by atoms with Crippen LogP contribution in [0.2, 0.25) is 0 Å². The number of rotatable bonds is 3. The summed E-state index contributed by atoms with van der Waals surface area (Å²) in [6.45, 7) is 0.551. The van der Waals surface area contributed by atoms with Crippen LogP contribution in [-0.4, -0.2) is 37.2 Å². The van der Waals surface area contributed by atoms with Crippen LogP contribution in [-0.2, 0) is 18.6 Å². The smallest absolute Gasteiger partial charge is 0.290 e. The minimum Gasteiger partial charge on any atom is -0.368 e. The molecule has 0 spiro atoms. The highest BCUT2D eigenvalue weighted by atomic mass is 35.7. The van der Waals surface area contributed by atoms with Crippen LogP contribution in [0.1, 0.15) is 12.8 Å². The van der Waals surface area contributed by atoms with E-state index in [4.69, 9.17) is 15.4 Å². The van der Waals surface area contributed by atoms with Gasteiger partial charge in [-0.1, -0.05) is 11.3 Å². The Hall–Kier alpha value is -0.770. The lowest BCUT2D eigenvalue weighted by Crippen LogP contribution is -2.26. The zero-order valence-corrected chi connectivity index (χ0v) is 10.8. The summed E-state index contributed by atoms with van der Waals surface area (Å²) >= 11 is 0.697. The first-order valence-corrected chi connectivity index (χ1v) is 7.80. The molecular weight excluding hydrogens is 290 g/mol. The van der Waals surface area contributed by atoms with Gasteiger partial charge in [0.2, 0.25) is 9.47 Å². The molecule has 1 saturated heterocycles. The van der Waals surface area contributed by atoms with Crippen LogP contribution in [0.5, 0.6) is 0 Å². The van der Waals surface area contributed by atoms with Gasteiger partial charge in [-0.05, 0) is 12.8 Å². The number of hydrogen-bond donors (Lipinski definition) is 1. The number of ether oxygens (including phenoxy) is 1. The molecule has 1 atom stereocenters. The number of carbonyl (C=O) groups is 1. The number of hydrogen-bond acceptors (Lipinski definition) is 7. The van der Waals surface area contributed by atoms with Gasteiger partial charge in [-0.2, -0.15) is 0 Å². The van der Waals surface area contributed by atoms with Gasteiger partial charge in [0.15, 0.2) is 0 Å². The quantitative estimate of drug-likeness (QED) is 0.647. The number of anilines is 1. The second-order valence-electron chi connectivity index (χ2n) is 3.30. The molecule has 1 aromatic heterocycles. The summed E-state index contributed by atoms with van der Waals surface area (Å²) in [5, 5.41) is 9.39. The number of nitrogens with one attached hydrogen (secondary N) is 1. The van der Waals surface area contributed by atoms with E-state index in [2.05, 4.69) is 15.5 Å². The van der Waals surface area contributed by atoms with Crippen molar-refractivity contribution in [1.82, 2.24) is 10.2 Å². The third-order valence-corrected chi connectivity index (χ3v) is 4.82. The minimum atomic E-state index is -3.90. The predicted octanol–water partition coefficient (Wildman–Crippen LogP) is 0.583. The summed E-state index contributed by atoms with van der Waals surface area (Å²) < 4.78 is 26.7. The van der Waals surface area contributed by atoms with Gasteiger partial charge in [0.05, 0.1) is 0 Å². The molecule has 1 unspecified atom stereocenters. The molecule has 1 aliphatic rings. The second kappa shape index (κ2) is 4.84. The third kappa shape index (κ3) is 3.12. The Morgan fingerprint density at radius 1 is 1.53 bits per heavy atom. The second-order valence-corrected chi connectivity index (χ2v) is 7.02. The van der Waals surface area contributed by atoms with Gasteiger partial charge in [0.1, 0.15) is 6.10 Å². The van der Waals surface area contributed by atoms with Crippen molar-refractivity contribution in [3.05, 3.63) is 0 Å². The molecule has 1 N–H and O–H groups in total. The van der Waals surface area contributed by atoms with Crippen LogP contribution in [0.15, 0.2) is 4.34 Å². The SMILES string of the molecule is O=C(Nc1nnc(S(=O)(=O)Cl)s1)C1CCCO1. The summed E-state index contributed by atoms with van der Waals surface area (Å²) in [6, 6.07) is 0. The first-order chi connectivity index (χ1) is 7.97. The molecule has 10 heteroatoms. The van der Waals surface area contributed by atoms with Crippen LogP contribution in [0.25, 0.3) is 0 Å². The molecule has 1 fully saturated rings. The third-order valence-electron chi connectivity index (χ3n) is 2.07. The highest BCUT2D eigenvalue weighted by Gasteiger charge is 2.25. The van der Waals surface area contributed by atoms with Gasteiger partial charge < -0.3 is 4.74 Å². The molecule has 17 heavy (non-hydrogen) atoms. The van der Waals surface area contributed by atoms with E-state index >= 15 is 0 Å². The van der Waals surface area contributed by atoms with Crippen LogP contribution in [0, 0.1) is 0 Å². The van der Waals surface area contributed by atoms with E-state index in [0.29, 0.717) is 24.4 Å². The van der Waals surface area contributed by atoms with Gasteiger partial charge in [-0.3, -0.25) is 10.1 Å². The zero-order valence-electron chi connectivity index (χ0n) is 8.42. The van der Waals surface area contributed by atoms with E-state index in [1.54, 1.807) is 0 Å². The zero-order chi connectivity index (χ0) is 12.5. The maximum absolute atomic E-state index is 11.6. The Bertz CT molecular complexity index is 523. The molecule has 1 amide bonds. The monoisotopic (exact) mass is 297 g/mol. The Labute approximate surface area is 106 Å². The number of nitrogens with zero attached hydrogens (tertiary/aromatic N) is 2. The molecule has 7 nitrogen and oxygen atoms in total. The molecule has 0 bridgehead atoms. The van der Waals surface area contributed by atoms with Crippen molar-refractivity contribution < 1.29 is 17.9 Å². The average Bonchev–Trinajstić information content (AvgIpc) is 2.85. The van der Waals surface area contributed by atoms with Crippen molar-refractivity contribution >= 4 is 42.1 Å².